The Kier molecular flexibility index (Phi) is 4.07. The molecule has 8 nitrogen and oxygen atoms in total. The Morgan fingerprint density at radius 1 is 1.44 bits per heavy atom. The molecule has 0 amide bonds. The molecule has 0 saturated carbocycles. The minimum absolute atomic E-state index is 0.257. The molecule has 0 aromatic heterocycles. The van der Waals surface area contributed by atoms with Gasteiger partial charge in [0.15, 0.2) is 0 Å². The Labute approximate surface area is 104 Å². The van der Waals surface area contributed by atoms with Crippen LogP contribution in [0, 0.1) is 0 Å². The molecule has 9 heteroatoms. The highest BCUT2D eigenvalue weighted by Crippen LogP contribution is 2.51. The van der Waals surface area contributed by atoms with Gasteiger partial charge in [0.1, 0.15) is 5.75 Å². The summed E-state index contributed by atoms with van der Waals surface area (Å²) in [6.07, 6.45) is 1.43. The summed E-state index contributed by atoms with van der Waals surface area (Å²) in [4.78, 5) is 30.0. The summed E-state index contributed by atoms with van der Waals surface area (Å²) in [6.45, 7) is 2.62. The van der Waals surface area contributed by atoms with Crippen molar-refractivity contribution in [1.29, 1.82) is 0 Å². The molecule has 0 bridgehead atoms. The second kappa shape index (κ2) is 5.17. The van der Waals surface area contributed by atoms with Crippen molar-refractivity contribution in [3.63, 3.8) is 0 Å². The van der Waals surface area contributed by atoms with Crippen LogP contribution in [0.15, 0.2) is 26.4 Å². The molecule has 1 unspecified atom stereocenters. The van der Waals surface area contributed by atoms with Gasteiger partial charge in [-0.2, -0.15) is 0 Å². The highest BCUT2D eigenvalue weighted by atomic mass is 32.3. The minimum atomic E-state index is -2.14. The molecule has 100 valence electrons. The summed E-state index contributed by atoms with van der Waals surface area (Å²) in [5.41, 5.74) is -0.130. The monoisotopic (exact) mass is 275 g/mol. The van der Waals surface area contributed by atoms with Crippen LogP contribution in [0.25, 0.3) is 0 Å². The predicted octanol–water partition coefficient (Wildman–Crippen LogP) is 1.55. The Hall–Kier alpha value is -1.90. The molecule has 1 heterocycles. The van der Waals surface area contributed by atoms with Gasteiger partial charge in [-0.3, -0.25) is 9.79 Å². The van der Waals surface area contributed by atoms with Crippen LogP contribution in [-0.2, 0) is 14.4 Å². The lowest BCUT2D eigenvalue weighted by molar-refractivity contribution is -0.162. The van der Waals surface area contributed by atoms with Crippen molar-refractivity contribution in [3.05, 3.63) is 11.6 Å². The van der Waals surface area contributed by atoms with E-state index < -0.39 is 27.8 Å². The van der Waals surface area contributed by atoms with Gasteiger partial charge in [-0.15, -0.1) is 0 Å². The summed E-state index contributed by atoms with van der Waals surface area (Å²) in [7, 11) is -2.14. The van der Waals surface area contributed by atoms with Crippen LogP contribution in [0.5, 0.6) is 0 Å². The van der Waals surface area contributed by atoms with Gasteiger partial charge in [-0.1, -0.05) is 14.7 Å². The molecule has 0 radical (unpaired) electrons. The SMILES string of the molecule is CC(C)(O/N=N/S1(CC(=O)O)C=CN=C1)C(=O)O. The van der Waals surface area contributed by atoms with Crippen LogP contribution >= 0.6 is 10.2 Å². The first-order valence-electron chi connectivity index (χ1n) is 4.84. The fourth-order valence-corrected chi connectivity index (χ4v) is 2.41. The first kappa shape index (κ1) is 14.2. The highest BCUT2D eigenvalue weighted by Gasteiger charge is 2.31. The Balaban J connectivity index is 2.75. The van der Waals surface area contributed by atoms with Gasteiger partial charge in [-0.05, 0) is 19.3 Å². The average molecular weight is 275 g/mol. The third-order valence-corrected chi connectivity index (χ3v) is 4.11. The standard InChI is InChI=1S/C9H13N3O5S/c1-9(2,8(15)16)17-11-12-18(5-7(13)14)4-3-10-6-18/h3-4,6H,5H2,1-2H3,(H,13,14)(H,15,16)/b12-11+. The number of aliphatic carboxylic acids is 2. The van der Waals surface area contributed by atoms with E-state index in [-0.39, 0.29) is 5.75 Å². The second-order valence-corrected chi connectivity index (χ2v) is 6.51. The molecular weight excluding hydrogens is 262 g/mol. The molecule has 0 saturated heterocycles. The van der Waals surface area contributed by atoms with Gasteiger partial charge < -0.3 is 15.1 Å². The van der Waals surface area contributed by atoms with E-state index in [1.165, 1.54) is 31.0 Å². The summed E-state index contributed by atoms with van der Waals surface area (Å²) in [5, 5.41) is 22.4. The fraction of sp³-hybridized carbons (Fsp3) is 0.444. The molecule has 2 N–H and O–H groups in total. The number of hydrogen-bond acceptors (Lipinski definition) is 6. The van der Waals surface area contributed by atoms with Gasteiger partial charge >= 0.3 is 11.9 Å². The lowest BCUT2D eigenvalue weighted by atomic mass is 10.1. The number of aliphatic imine (C=N–C) groups is 1. The van der Waals surface area contributed by atoms with E-state index in [4.69, 9.17) is 15.1 Å². The Morgan fingerprint density at radius 2 is 2.11 bits per heavy atom. The van der Waals surface area contributed by atoms with Gasteiger partial charge in [-0.25, -0.2) is 4.79 Å². The largest absolute Gasteiger partial charge is 0.481 e. The van der Waals surface area contributed by atoms with E-state index in [1.807, 2.05) is 0 Å². The third-order valence-electron chi connectivity index (χ3n) is 1.95. The molecule has 0 aromatic carbocycles. The van der Waals surface area contributed by atoms with Crippen molar-refractivity contribution in [2.75, 3.05) is 5.75 Å². The maximum absolute atomic E-state index is 10.8. The topological polar surface area (TPSA) is 121 Å². The van der Waals surface area contributed by atoms with Crippen LogP contribution in [0.3, 0.4) is 0 Å². The summed E-state index contributed by atoms with van der Waals surface area (Å²) >= 11 is 0. The lowest BCUT2D eigenvalue weighted by Crippen LogP contribution is -2.32. The number of nitrogens with zero attached hydrogens (tertiary/aromatic N) is 3. The van der Waals surface area contributed by atoms with Crippen molar-refractivity contribution in [3.8, 4) is 0 Å². The van der Waals surface area contributed by atoms with E-state index >= 15 is 0 Å². The predicted molar refractivity (Wildman–Crippen MR) is 65.4 cm³/mol. The van der Waals surface area contributed by atoms with E-state index in [1.54, 1.807) is 0 Å². The number of carboxylic acid groups (broad SMARTS) is 2. The zero-order chi connectivity index (χ0) is 13.8. The van der Waals surface area contributed by atoms with Gasteiger partial charge in [0.2, 0.25) is 5.60 Å². The van der Waals surface area contributed by atoms with Crippen molar-refractivity contribution >= 4 is 27.7 Å². The van der Waals surface area contributed by atoms with E-state index in [9.17, 15) is 9.59 Å². The molecule has 0 aliphatic carbocycles. The van der Waals surface area contributed by atoms with Crippen LogP contribution in [-0.4, -0.2) is 39.1 Å². The van der Waals surface area contributed by atoms with Crippen LogP contribution in [0.1, 0.15) is 13.8 Å². The first-order valence-corrected chi connectivity index (χ1v) is 6.72. The number of carboxylic acids is 2. The maximum atomic E-state index is 10.8. The van der Waals surface area contributed by atoms with Gasteiger partial charge in [0, 0.05) is 11.5 Å². The quantitative estimate of drug-likeness (QED) is 0.562. The molecule has 0 aromatic rings. The fourth-order valence-electron chi connectivity index (χ4n) is 0.896. The number of hydrogen-bond donors (Lipinski definition) is 2. The van der Waals surface area contributed by atoms with E-state index in [2.05, 4.69) is 14.8 Å². The second-order valence-electron chi connectivity index (χ2n) is 3.96. The number of rotatable bonds is 6. The summed E-state index contributed by atoms with van der Waals surface area (Å²) in [6, 6.07) is 0. The summed E-state index contributed by atoms with van der Waals surface area (Å²) < 4.78 is 3.77. The van der Waals surface area contributed by atoms with E-state index in [0.29, 0.717) is 0 Å². The van der Waals surface area contributed by atoms with Crippen LogP contribution in [0.4, 0.5) is 0 Å². The molecule has 1 atom stereocenters. The molecular formula is C9H13N3O5S. The summed E-state index contributed by atoms with van der Waals surface area (Å²) in [5.74, 6) is -2.49. The average Bonchev–Trinajstić information content (AvgIpc) is 2.65. The van der Waals surface area contributed by atoms with Crippen LogP contribution < -0.4 is 0 Å². The van der Waals surface area contributed by atoms with Crippen molar-refractivity contribution in [2.45, 2.75) is 19.4 Å². The molecule has 1 aliphatic rings. The normalized spacial score (nSPS) is 26.1. The highest BCUT2D eigenvalue weighted by molar-refractivity contribution is 8.45. The molecule has 1 rings (SSSR count). The minimum Gasteiger partial charge on any atom is -0.481 e. The van der Waals surface area contributed by atoms with Gasteiger partial charge in [0.25, 0.3) is 0 Å². The zero-order valence-electron chi connectivity index (χ0n) is 9.81. The zero-order valence-corrected chi connectivity index (χ0v) is 10.6. The Bertz CT molecular complexity index is 431. The van der Waals surface area contributed by atoms with Gasteiger partial charge in [0.05, 0.1) is 5.55 Å². The molecule has 18 heavy (non-hydrogen) atoms. The Morgan fingerprint density at radius 3 is 2.56 bits per heavy atom. The molecule has 0 fully saturated rings. The lowest BCUT2D eigenvalue weighted by Gasteiger charge is -2.21. The third kappa shape index (κ3) is 3.55. The maximum Gasteiger partial charge on any atom is 0.350 e. The first-order chi connectivity index (χ1) is 8.27. The molecule has 1 aliphatic heterocycles. The van der Waals surface area contributed by atoms with Crippen molar-refractivity contribution < 1.29 is 24.6 Å². The number of carbonyl (C=O) groups is 2. The van der Waals surface area contributed by atoms with E-state index in [0.717, 1.165) is 0 Å². The molecule has 0 spiro atoms. The van der Waals surface area contributed by atoms with Crippen LogP contribution in [0.2, 0.25) is 0 Å². The smallest absolute Gasteiger partial charge is 0.350 e. The van der Waals surface area contributed by atoms with Crippen molar-refractivity contribution in [2.24, 2.45) is 14.8 Å². The van der Waals surface area contributed by atoms with Crippen molar-refractivity contribution in [1.82, 2.24) is 0 Å².